The fourth-order valence-corrected chi connectivity index (χ4v) is 3.71. The summed E-state index contributed by atoms with van der Waals surface area (Å²) in [5, 5.41) is 24.0. The van der Waals surface area contributed by atoms with Gasteiger partial charge in [-0.05, 0) is 32.4 Å². The van der Waals surface area contributed by atoms with Crippen LogP contribution >= 0.6 is 0 Å². The second-order valence-corrected chi connectivity index (χ2v) is 7.54. The largest absolute Gasteiger partial charge is 0.489 e. The monoisotopic (exact) mass is 438 g/mol. The number of aliphatic hydroxyl groups is 1. The molecule has 2 aromatic rings. The predicted octanol–water partition coefficient (Wildman–Crippen LogP) is 3.58. The maximum absolute atomic E-state index is 12.8. The molecule has 0 bridgehead atoms. The molecule has 1 unspecified atom stereocenters. The SMILES string of the molecule is CC1=C(C(=O)OCCO)C(c2ccccc2OCc2ccc(C)cc2)C([N+](=O)[O-])=C(C)N1. The van der Waals surface area contributed by atoms with Crippen molar-refractivity contribution in [2.24, 2.45) is 0 Å². The molecular weight excluding hydrogens is 412 g/mol. The fraction of sp³-hybridized carbons (Fsp3) is 0.292. The number of carbonyl (C=O) groups is 1. The van der Waals surface area contributed by atoms with Crippen LogP contribution in [0.15, 0.2) is 71.2 Å². The van der Waals surface area contributed by atoms with Crippen molar-refractivity contribution >= 4 is 5.97 Å². The molecule has 1 aliphatic rings. The van der Waals surface area contributed by atoms with E-state index in [9.17, 15) is 14.9 Å². The molecule has 8 heteroatoms. The van der Waals surface area contributed by atoms with Crippen LogP contribution in [-0.4, -0.2) is 29.2 Å². The van der Waals surface area contributed by atoms with Gasteiger partial charge in [-0.15, -0.1) is 0 Å². The van der Waals surface area contributed by atoms with E-state index in [2.05, 4.69) is 5.32 Å². The van der Waals surface area contributed by atoms with Gasteiger partial charge >= 0.3 is 5.97 Å². The van der Waals surface area contributed by atoms with Crippen LogP contribution in [0.4, 0.5) is 0 Å². The summed E-state index contributed by atoms with van der Waals surface area (Å²) in [6.45, 7) is 4.98. The molecule has 0 saturated heterocycles. The summed E-state index contributed by atoms with van der Waals surface area (Å²) in [5.74, 6) is -1.28. The quantitative estimate of drug-likeness (QED) is 0.368. The first-order valence-electron chi connectivity index (χ1n) is 10.2. The predicted molar refractivity (Wildman–Crippen MR) is 118 cm³/mol. The topological polar surface area (TPSA) is 111 Å². The zero-order valence-electron chi connectivity index (χ0n) is 18.3. The van der Waals surface area contributed by atoms with Crippen LogP contribution in [0.5, 0.6) is 5.75 Å². The van der Waals surface area contributed by atoms with Crippen LogP contribution in [0, 0.1) is 17.0 Å². The third-order valence-corrected chi connectivity index (χ3v) is 5.21. The molecule has 1 atom stereocenters. The summed E-state index contributed by atoms with van der Waals surface area (Å²) >= 11 is 0. The Bertz CT molecular complexity index is 1070. The van der Waals surface area contributed by atoms with Gasteiger partial charge in [0.05, 0.1) is 22.8 Å². The van der Waals surface area contributed by atoms with Gasteiger partial charge in [0.15, 0.2) is 0 Å². The Balaban J connectivity index is 2.04. The number of aryl methyl sites for hydroxylation is 1. The van der Waals surface area contributed by atoms with Gasteiger partial charge in [0, 0.05) is 11.3 Å². The van der Waals surface area contributed by atoms with Crippen molar-refractivity contribution in [3.8, 4) is 5.75 Å². The van der Waals surface area contributed by atoms with Crippen molar-refractivity contribution < 1.29 is 24.3 Å². The van der Waals surface area contributed by atoms with E-state index in [4.69, 9.17) is 14.6 Å². The molecule has 8 nitrogen and oxygen atoms in total. The first-order valence-corrected chi connectivity index (χ1v) is 10.2. The minimum Gasteiger partial charge on any atom is -0.489 e. The van der Waals surface area contributed by atoms with Gasteiger partial charge < -0.3 is 19.9 Å². The van der Waals surface area contributed by atoms with Crippen LogP contribution in [0.1, 0.15) is 36.5 Å². The normalized spacial score (nSPS) is 15.9. The van der Waals surface area contributed by atoms with E-state index in [1.807, 2.05) is 31.2 Å². The molecule has 3 rings (SSSR count). The molecule has 0 radical (unpaired) electrons. The Morgan fingerprint density at radius 1 is 1.09 bits per heavy atom. The molecular formula is C24H26N2O6. The van der Waals surface area contributed by atoms with Crippen molar-refractivity contribution in [3.05, 3.63) is 98.0 Å². The van der Waals surface area contributed by atoms with Gasteiger partial charge in [0.1, 0.15) is 24.9 Å². The molecule has 1 heterocycles. The number of rotatable bonds is 8. The Labute approximate surface area is 186 Å². The van der Waals surface area contributed by atoms with Crippen molar-refractivity contribution in [2.75, 3.05) is 13.2 Å². The second kappa shape index (κ2) is 10.1. The Morgan fingerprint density at radius 3 is 2.44 bits per heavy atom. The molecule has 0 fully saturated rings. The van der Waals surface area contributed by atoms with Crippen LogP contribution < -0.4 is 10.1 Å². The molecule has 2 N–H and O–H groups in total. The number of allylic oxidation sites excluding steroid dienone is 3. The lowest BCUT2D eigenvalue weighted by molar-refractivity contribution is -0.431. The number of benzene rings is 2. The first-order chi connectivity index (χ1) is 15.3. The number of ether oxygens (including phenoxy) is 2. The fourth-order valence-electron chi connectivity index (χ4n) is 3.71. The molecule has 168 valence electrons. The zero-order valence-corrected chi connectivity index (χ0v) is 18.3. The highest BCUT2D eigenvalue weighted by Crippen LogP contribution is 2.42. The highest BCUT2D eigenvalue weighted by Gasteiger charge is 2.42. The smallest absolute Gasteiger partial charge is 0.337 e. The summed E-state index contributed by atoms with van der Waals surface area (Å²) in [5.41, 5.74) is 3.32. The number of hydrogen-bond acceptors (Lipinski definition) is 7. The molecule has 0 aliphatic carbocycles. The van der Waals surface area contributed by atoms with Gasteiger partial charge in [-0.1, -0.05) is 48.0 Å². The highest BCUT2D eigenvalue weighted by atomic mass is 16.6. The van der Waals surface area contributed by atoms with E-state index in [-0.39, 0.29) is 31.1 Å². The number of para-hydroxylation sites is 1. The number of nitro groups is 1. The molecule has 1 aliphatic heterocycles. The summed E-state index contributed by atoms with van der Waals surface area (Å²) < 4.78 is 11.2. The maximum Gasteiger partial charge on any atom is 0.337 e. The number of nitrogens with zero attached hydrogens (tertiary/aromatic N) is 1. The number of aliphatic hydroxyl groups excluding tert-OH is 1. The number of carbonyl (C=O) groups excluding carboxylic acids is 1. The average molecular weight is 438 g/mol. The zero-order chi connectivity index (χ0) is 23.3. The van der Waals surface area contributed by atoms with Gasteiger partial charge in [-0.3, -0.25) is 10.1 Å². The van der Waals surface area contributed by atoms with E-state index >= 15 is 0 Å². The molecule has 0 amide bonds. The van der Waals surface area contributed by atoms with Gasteiger partial charge in [0.2, 0.25) is 0 Å². The van der Waals surface area contributed by atoms with E-state index in [0.29, 0.717) is 22.7 Å². The minimum absolute atomic E-state index is 0.113. The molecule has 0 saturated carbocycles. The third kappa shape index (κ3) is 4.97. The molecule has 0 aromatic heterocycles. The van der Waals surface area contributed by atoms with Gasteiger partial charge in [-0.25, -0.2) is 4.79 Å². The summed E-state index contributed by atoms with van der Waals surface area (Å²) in [7, 11) is 0. The van der Waals surface area contributed by atoms with Crippen molar-refractivity contribution in [3.63, 3.8) is 0 Å². The van der Waals surface area contributed by atoms with Crippen LogP contribution in [0.3, 0.4) is 0 Å². The number of nitrogens with one attached hydrogen (secondary N) is 1. The lowest BCUT2D eigenvalue weighted by Gasteiger charge is -2.27. The first kappa shape index (κ1) is 23.0. The van der Waals surface area contributed by atoms with Gasteiger partial charge in [-0.2, -0.15) is 0 Å². The molecule has 32 heavy (non-hydrogen) atoms. The average Bonchev–Trinajstić information content (AvgIpc) is 2.76. The molecule has 2 aromatic carbocycles. The lowest BCUT2D eigenvalue weighted by Crippen LogP contribution is -2.32. The standard InChI is InChI=1S/C24H26N2O6/c1-15-8-10-18(11-9-15)14-32-20-7-5-4-6-19(20)22-21(24(28)31-13-12-27)16(2)25-17(3)23(22)26(29)30/h4-11,22,25,27H,12-14H2,1-3H3. The van der Waals surface area contributed by atoms with Crippen molar-refractivity contribution in [2.45, 2.75) is 33.3 Å². The summed E-state index contributed by atoms with van der Waals surface area (Å²) in [4.78, 5) is 24.4. The van der Waals surface area contributed by atoms with E-state index in [0.717, 1.165) is 11.1 Å². The number of dihydropyridines is 1. The van der Waals surface area contributed by atoms with E-state index in [1.165, 1.54) is 0 Å². The van der Waals surface area contributed by atoms with Crippen LogP contribution in [-0.2, 0) is 16.1 Å². The maximum atomic E-state index is 12.8. The van der Waals surface area contributed by atoms with E-state index in [1.54, 1.807) is 38.1 Å². The summed E-state index contributed by atoms with van der Waals surface area (Å²) in [6, 6.07) is 14.8. The second-order valence-electron chi connectivity index (χ2n) is 7.54. The Hall–Kier alpha value is -3.65. The van der Waals surface area contributed by atoms with Gasteiger partial charge in [0.25, 0.3) is 5.70 Å². The highest BCUT2D eigenvalue weighted by molar-refractivity contribution is 5.92. The summed E-state index contributed by atoms with van der Waals surface area (Å²) in [6.07, 6.45) is 0. The Kier molecular flexibility index (Phi) is 7.27. The third-order valence-electron chi connectivity index (χ3n) is 5.21. The van der Waals surface area contributed by atoms with E-state index < -0.39 is 16.8 Å². The number of esters is 1. The molecule has 0 spiro atoms. The lowest BCUT2D eigenvalue weighted by atomic mass is 9.83. The Morgan fingerprint density at radius 2 is 1.78 bits per heavy atom. The minimum atomic E-state index is -0.994. The number of hydrogen-bond donors (Lipinski definition) is 2. The van der Waals surface area contributed by atoms with Crippen LogP contribution in [0.25, 0.3) is 0 Å². The van der Waals surface area contributed by atoms with Crippen LogP contribution in [0.2, 0.25) is 0 Å². The van der Waals surface area contributed by atoms with Crippen molar-refractivity contribution in [1.82, 2.24) is 5.32 Å². The van der Waals surface area contributed by atoms with Crippen molar-refractivity contribution in [1.29, 1.82) is 0 Å².